The van der Waals surface area contributed by atoms with E-state index in [1.165, 1.54) is 5.56 Å². The Hall–Kier alpha value is -1.60. The van der Waals surface area contributed by atoms with Crippen LogP contribution in [-0.4, -0.2) is 59.1 Å². The van der Waals surface area contributed by atoms with Crippen LogP contribution in [0.25, 0.3) is 0 Å². The van der Waals surface area contributed by atoms with Crippen LogP contribution in [0.4, 0.5) is 4.79 Å². The molecule has 2 rings (SSSR count). The minimum absolute atomic E-state index is 0.223. The number of piperidine rings is 1. The Kier molecular flexibility index (Phi) is 6.62. The number of aromatic amines is 1. The maximum absolute atomic E-state index is 12.0. The Morgan fingerprint density at radius 3 is 2.71 bits per heavy atom. The summed E-state index contributed by atoms with van der Waals surface area (Å²) < 4.78 is 11.3. The van der Waals surface area contributed by atoms with Crippen molar-refractivity contribution in [1.29, 1.82) is 0 Å². The molecule has 1 aromatic heterocycles. The number of hydrogen-bond acceptors (Lipinski definition) is 5. The third-order valence-corrected chi connectivity index (χ3v) is 3.98. The van der Waals surface area contributed by atoms with Gasteiger partial charge in [0.05, 0.1) is 18.9 Å². The van der Waals surface area contributed by atoms with Gasteiger partial charge in [-0.05, 0) is 40.5 Å². The third-order valence-electron chi connectivity index (χ3n) is 3.98. The van der Waals surface area contributed by atoms with Crippen molar-refractivity contribution in [3.8, 4) is 0 Å². The van der Waals surface area contributed by atoms with Crippen molar-refractivity contribution in [2.75, 3.05) is 26.2 Å². The number of likely N-dealkylation sites (tertiary alicyclic amines) is 1. The zero-order valence-corrected chi connectivity index (χ0v) is 15.2. The van der Waals surface area contributed by atoms with Crippen LogP contribution in [0.2, 0.25) is 0 Å². The molecule has 7 nitrogen and oxygen atoms in total. The van der Waals surface area contributed by atoms with Gasteiger partial charge in [-0.3, -0.25) is 5.10 Å². The predicted molar refractivity (Wildman–Crippen MR) is 91.8 cm³/mol. The average molecular weight is 338 g/mol. The Bertz CT molecular complexity index is 516. The lowest BCUT2D eigenvalue weighted by atomic mass is 10.1. The molecule has 1 aromatic rings. The molecule has 0 spiro atoms. The third kappa shape index (κ3) is 6.13. The number of rotatable bonds is 6. The second-order valence-electron chi connectivity index (χ2n) is 7.23. The maximum atomic E-state index is 12.0. The van der Waals surface area contributed by atoms with Crippen molar-refractivity contribution in [1.82, 2.24) is 20.4 Å². The second kappa shape index (κ2) is 8.48. The van der Waals surface area contributed by atoms with Gasteiger partial charge in [-0.25, -0.2) is 4.79 Å². The number of amides is 1. The van der Waals surface area contributed by atoms with E-state index >= 15 is 0 Å². The summed E-state index contributed by atoms with van der Waals surface area (Å²) in [6, 6.07) is 0. The first-order chi connectivity index (χ1) is 11.3. The fraction of sp³-hybridized carbons (Fsp3) is 0.765. The number of nitrogens with zero attached hydrogens (tertiary/aromatic N) is 2. The number of ether oxygens (including phenoxy) is 2. The van der Waals surface area contributed by atoms with Crippen molar-refractivity contribution < 1.29 is 14.3 Å². The molecule has 2 heterocycles. The van der Waals surface area contributed by atoms with Gasteiger partial charge in [0.15, 0.2) is 0 Å². The number of carbonyl (C=O) groups is 1. The smallest absolute Gasteiger partial charge is 0.410 e. The largest absolute Gasteiger partial charge is 0.444 e. The standard InChI is InChI=1S/C17H30N4O3/c1-13-14(12-19-20-13)11-18-7-10-23-15-5-8-21(9-6-15)16(22)24-17(2,3)4/h12,15,18H,5-11H2,1-4H3,(H,19,20). The van der Waals surface area contributed by atoms with Gasteiger partial charge in [0.2, 0.25) is 0 Å². The minimum Gasteiger partial charge on any atom is -0.444 e. The lowest BCUT2D eigenvalue weighted by molar-refractivity contribution is -0.0104. The van der Waals surface area contributed by atoms with Gasteiger partial charge < -0.3 is 19.7 Å². The molecular formula is C17H30N4O3. The number of nitrogens with one attached hydrogen (secondary N) is 2. The van der Waals surface area contributed by atoms with Crippen LogP contribution in [0.3, 0.4) is 0 Å². The quantitative estimate of drug-likeness (QED) is 0.778. The number of hydrogen-bond donors (Lipinski definition) is 2. The summed E-state index contributed by atoms with van der Waals surface area (Å²) in [5.74, 6) is 0. The zero-order chi connectivity index (χ0) is 17.6. The predicted octanol–water partition coefficient (Wildman–Crippen LogP) is 2.22. The maximum Gasteiger partial charge on any atom is 0.410 e. The van der Waals surface area contributed by atoms with Crippen LogP contribution in [0, 0.1) is 6.92 Å². The molecule has 0 saturated carbocycles. The Morgan fingerprint density at radius 2 is 2.12 bits per heavy atom. The molecule has 1 saturated heterocycles. The van der Waals surface area contributed by atoms with E-state index in [1.807, 2.05) is 33.9 Å². The number of carbonyl (C=O) groups excluding carboxylic acids is 1. The molecule has 0 radical (unpaired) electrons. The van der Waals surface area contributed by atoms with Gasteiger partial charge in [0.25, 0.3) is 0 Å². The summed E-state index contributed by atoms with van der Waals surface area (Å²) in [5.41, 5.74) is 1.84. The Labute approximate surface area is 144 Å². The number of aromatic nitrogens is 2. The second-order valence-corrected chi connectivity index (χ2v) is 7.23. The van der Waals surface area contributed by atoms with E-state index in [4.69, 9.17) is 9.47 Å². The summed E-state index contributed by atoms with van der Waals surface area (Å²) in [7, 11) is 0. The van der Waals surface area contributed by atoms with Crippen LogP contribution in [0.5, 0.6) is 0 Å². The molecular weight excluding hydrogens is 308 g/mol. The molecule has 1 fully saturated rings. The van der Waals surface area contributed by atoms with Crippen LogP contribution in [0.15, 0.2) is 6.20 Å². The first-order valence-corrected chi connectivity index (χ1v) is 8.64. The first kappa shape index (κ1) is 18.7. The highest BCUT2D eigenvalue weighted by Gasteiger charge is 2.26. The molecule has 1 aliphatic heterocycles. The summed E-state index contributed by atoms with van der Waals surface area (Å²) >= 11 is 0. The lowest BCUT2D eigenvalue weighted by Gasteiger charge is -2.33. The van der Waals surface area contributed by atoms with E-state index in [9.17, 15) is 4.79 Å². The summed E-state index contributed by atoms with van der Waals surface area (Å²) in [6.45, 7) is 11.3. The summed E-state index contributed by atoms with van der Waals surface area (Å²) in [6.07, 6.45) is 3.56. The first-order valence-electron chi connectivity index (χ1n) is 8.64. The van der Waals surface area contributed by atoms with Gasteiger partial charge in [-0.1, -0.05) is 0 Å². The van der Waals surface area contributed by atoms with E-state index < -0.39 is 5.60 Å². The number of H-pyrrole nitrogens is 1. The molecule has 0 aliphatic carbocycles. The molecule has 0 aromatic carbocycles. The lowest BCUT2D eigenvalue weighted by Crippen LogP contribution is -2.43. The van der Waals surface area contributed by atoms with Gasteiger partial charge in [0, 0.05) is 37.4 Å². The molecule has 2 N–H and O–H groups in total. The van der Waals surface area contributed by atoms with Crippen molar-refractivity contribution in [2.24, 2.45) is 0 Å². The van der Waals surface area contributed by atoms with Crippen molar-refractivity contribution in [3.05, 3.63) is 17.5 Å². The highest BCUT2D eigenvalue weighted by Crippen LogP contribution is 2.17. The van der Waals surface area contributed by atoms with Crippen LogP contribution in [-0.2, 0) is 16.0 Å². The Balaban J connectivity index is 1.56. The summed E-state index contributed by atoms with van der Waals surface area (Å²) in [5, 5.41) is 10.3. The fourth-order valence-electron chi connectivity index (χ4n) is 2.61. The van der Waals surface area contributed by atoms with Crippen molar-refractivity contribution >= 4 is 6.09 Å². The summed E-state index contributed by atoms with van der Waals surface area (Å²) in [4.78, 5) is 13.8. The van der Waals surface area contributed by atoms with Crippen LogP contribution < -0.4 is 5.32 Å². The van der Waals surface area contributed by atoms with E-state index in [1.54, 1.807) is 4.90 Å². The molecule has 0 atom stereocenters. The van der Waals surface area contributed by atoms with E-state index in [0.29, 0.717) is 19.7 Å². The molecule has 1 aliphatic rings. The molecule has 1 amide bonds. The van der Waals surface area contributed by atoms with Gasteiger partial charge in [-0.15, -0.1) is 0 Å². The van der Waals surface area contributed by atoms with Crippen molar-refractivity contribution in [3.63, 3.8) is 0 Å². The number of aryl methyl sites for hydroxylation is 1. The van der Waals surface area contributed by atoms with Gasteiger partial charge in [0.1, 0.15) is 5.60 Å². The topological polar surface area (TPSA) is 79.5 Å². The highest BCUT2D eigenvalue weighted by atomic mass is 16.6. The fourth-order valence-corrected chi connectivity index (χ4v) is 2.61. The molecule has 7 heteroatoms. The van der Waals surface area contributed by atoms with Gasteiger partial charge >= 0.3 is 6.09 Å². The monoisotopic (exact) mass is 338 g/mol. The van der Waals surface area contributed by atoms with Crippen LogP contribution in [0.1, 0.15) is 44.9 Å². The van der Waals surface area contributed by atoms with Crippen LogP contribution >= 0.6 is 0 Å². The molecule has 0 unspecified atom stereocenters. The normalized spacial score (nSPS) is 16.4. The highest BCUT2D eigenvalue weighted by molar-refractivity contribution is 5.68. The molecule has 136 valence electrons. The van der Waals surface area contributed by atoms with E-state index in [2.05, 4.69) is 15.5 Å². The Morgan fingerprint density at radius 1 is 1.42 bits per heavy atom. The molecule has 0 bridgehead atoms. The minimum atomic E-state index is -0.441. The average Bonchev–Trinajstić information content (AvgIpc) is 2.91. The zero-order valence-electron chi connectivity index (χ0n) is 15.2. The van der Waals surface area contributed by atoms with Crippen molar-refractivity contribution in [2.45, 2.75) is 58.8 Å². The van der Waals surface area contributed by atoms with Gasteiger partial charge in [-0.2, -0.15) is 5.10 Å². The van der Waals surface area contributed by atoms with E-state index in [0.717, 1.165) is 31.6 Å². The molecule has 24 heavy (non-hydrogen) atoms. The van der Waals surface area contributed by atoms with E-state index in [-0.39, 0.29) is 12.2 Å². The SMILES string of the molecule is Cc1[nH]ncc1CNCCOC1CCN(C(=O)OC(C)(C)C)CC1.